The zero-order chi connectivity index (χ0) is 14.8. The van der Waals surface area contributed by atoms with E-state index in [2.05, 4.69) is 35.3 Å². The van der Waals surface area contributed by atoms with Gasteiger partial charge in [-0.15, -0.1) is 5.10 Å². The summed E-state index contributed by atoms with van der Waals surface area (Å²) in [6, 6.07) is 0. The summed E-state index contributed by atoms with van der Waals surface area (Å²) >= 11 is 1.06. The molecule has 0 spiro atoms. The number of imidazole rings is 1. The van der Waals surface area contributed by atoms with E-state index in [-0.39, 0.29) is 11.4 Å². The summed E-state index contributed by atoms with van der Waals surface area (Å²) < 4.78 is 10.7. The lowest BCUT2D eigenvalue weighted by Gasteiger charge is -2.14. The summed E-state index contributed by atoms with van der Waals surface area (Å²) in [5.74, 6) is -0.367. The molecule has 0 aliphatic carbocycles. The van der Waals surface area contributed by atoms with Crippen molar-refractivity contribution in [3.8, 4) is 0 Å². The van der Waals surface area contributed by atoms with Gasteiger partial charge in [-0.05, 0) is 18.5 Å². The first kappa shape index (κ1) is 14.6. The predicted molar refractivity (Wildman–Crippen MR) is 75.9 cm³/mol. The van der Waals surface area contributed by atoms with Crippen molar-refractivity contribution in [1.29, 1.82) is 0 Å². The first-order valence-corrected chi connectivity index (χ1v) is 7.19. The Morgan fingerprint density at radius 3 is 2.80 bits per heavy atom. The summed E-state index contributed by atoms with van der Waals surface area (Å²) in [4.78, 5) is 16.6. The number of hydrogen-bond acceptors (Lipinski definition) is 6. The molecule has 0 saturated heterocycles. The van der Waals surface area contributed by atoms with Crippen molar-refractivity contribution >= 4 is 17.5 Å². The van der Waals surface area contributed by atoms with E-state index in [4.69, 9.17) is 4.74 Å². The molecule has 0 atom stereocenters. The number of rotatable bonds is 4. The highest BCUT2D eigenvalue weighted by molar-refractivity contribution is 7.07. The molecule has 0 aliphatic rings. The van der Waals surface area contributed by atoms with Crippen molar-refractivity contribution in [2.45, 2.75) is 39.7 Å². The van der Waals surface area contributed by atoms with Crippen LogP contribution in [0, 0.1) is 0 Å². The van der Waals surface area contributed by atoms with Gasteiger partial charge in [0.2, 0.25) is 0 Å². The molecule has 0 unspecified atom stereocenters. The molecule has 7 heteroatoms. The van der Waals surface area contributed by atoms with Crippen LogP contribution in [0.4, 0.5) is 0 Å². The number of carbonyl (C=O) groups is 1. The van der Waals surface area contributed by atoms with Gasteiger partial charge < -0.3 is 9.30 Å². The molecule has 0 N–H and O–H groups in total. The second-order valence-corrected chi connectivity index (χ2v) is 6.20. The first-order chi connectivity index (χ1) is 9.41. The molecule has 0 bridgehead atoms. The predicted octanol–water partition coefficient (Wildman–Crippen LogP) is 2.26. The van der Waals surface area contributed by atoms with E-state index in [0.29, 0.717) is 23.7 Å². The Hall–Kier alpha value is -1.76. The third kappa shape index (κ3) is 3.22. The van der Waals surface area contributed by atoms with Gasteiger partial charge in [-0.25, -0.2) is 9.78 Å². The quantitative estimate of drug-likeness (QED) is 0.809. The van der Waals surface area contributed by atoms with Crippen molar-refractivity contribution < 1.29 is 9.53 Å². The number of hydrogen-bond donors (Lipinski definition) is 0. The van der Waals surface area contributed by atoms with Crippen molar-refractivity contribution in [1.82, 2.24) is 19.1 Å². The minimum absolute atomic E-state index is 0.00442. The van der Waals surface area contributed by atoms with Crippen LogP contribution in [0.15, 0.2) is 12.5 Å². The fourth-order valence-electron chi connectivity index (χ4n) is 1.67. The molecule has 6 nitrogen and oxygen atoms in total. The molecule has 0 fully saturated rings. The molecule has 0 aliphatic heterocycles. The number of ether oxygens (including phenoxy) is 1. The average molecular weight is 294 g/mol. The number of aromatic nitrogens is 4. The smallest absolute Gasteiger partial charge is 0.351 e. The second-order valence-electron chi connectivity index (χ2n) is 5.45. The monoisotopic (exact) mass is 294 g/mol. The second kappa shape index (κ2) is 5.70. The molecule has 0 saturated carbocycles. The highest BCUT2D eigenvalue weighted by Gasteiger charge is 2.20. The topological polar surface area (TPSA) is 69.9 Å². The maximum atomic E-state index is 11.8. The molecule has 2 aromatic heterocycles. The minimum atomic E-state index is -0.367. The van der Waals surface area contributed by atoms with Gasteiger partial charge in [-0.1, -0.05) is 25.3 Å². The van der Waals surface area contributed by atoms with Gasteiger partial charge >= 0.3 is 5.97 Å². The van der Waals surface area contributed by atoms with E-state index >= 15 is 0 Å². The molecule has 0 radical (unpaired) electrons. The molecule has 2 rings (SSSR count). The van der Waals surface area contributed by atoms with Gasteiger partial charge in [0.05, 0.1) is 25.2 Å². The molecule has 0 amide bonds. The zero-order valence-electron chi connectivity index (χ0n) is 12.1. The van der Waals surface area contributed by atoms with Crippen molar-refractivity contribution in [2.75, 3.05) is 6.61 Å². The summed E-state index contributed by atoms with van der Waals surface area (Å²) in [5.41, 5.74) is 1.61. The largest absolute Gasteiger partial charge is 0.462 e. The van der Waals surface area contributed by atoms with Crippen LogP contribution in [-0.2, 0) is 16.7 Å². The highest BCUT2D eigenvalue weighted by Crippen LogP contribution is 2.20. The Kier molecular flexibility index (Phi) is 4.17. The molecule has 20 heavy (non-hydrogen) atoms. The van der Waals surface area contributed by atoms with Crippen molar-refractivity contribution in [3.63, 3.8) is 0 Å². The maximum Gasteiger partial charge on any atom is 0.351 e. The van der Waals surface area contributed by atoms with Crippen LogP contribution < -0.4 is 0 Å². The Bertz CT molecular complexity index is 598. The zero-order valence-corrected chi connectivity index (χ0v) is 12.9. The van der Waals surface area contributed by atoms with Crippen LogP contribution in [0.1, 0.15) is 48.8 Å². The third-order valence-electron chi connectivity index (χ3n) is 2.75. The molecule has 2 heterocycles. The van der Waals surface area contributed by atoms with E-state index in [1.807, 2.05) is 10.8 Å². The molecular formula is C13H18N4O2S. The van der Waals surface area contributed by atoms with Gasteiger partial charge in [0.1, 0.15) is 5.69 Å². The van der Waals surface area contributed by atoms with Gasteiger partial charge in [-0.3, -0.25) is 0 Å². The van der Waals surface area contributed by atoms with E-state index in [1.54, 1.807) is 13.3 Å². The van der Waals surface area contributed by atoms with E-state index in [0.717, 1.165) is 17.2 Å². The van der Waals surface area contributed by atoms with E-state index in [1.165, 1.54) is 0 Å². The van der Waals surface area contributed by atoms with Gasteiger partial charge in [0, 0.05) is 11.6 Å². The van der Waals surface area contributed by atoms with Crippen LogP contribution >= 0.6 is 11.5 Å². The van der Waals surface area contributed by atoms with Crippen molar-refractivity contribution in [2.24, 2.45) is 0 Å². The minimum Gasteiger partial charge on any atom is -0.462 e. The van der Waals surface area contributed by atoms with Gasteiger partial charge in [0.15, 0.2) is 4.88 Å². The summed E-state index contributed by atoms with van der Waals surface area (Å²) in [6.45, 7) is 8.90. The summed E-state index contributed by atoms with van der Waals surface area (Å²) in [7, 11) is 0. The molecular weight excluding hydrogens is 276 g/mol. The van der Waals surface area contributed by atoms with Crippen LogP contribution in [0.2, 0.25) is 0 Å². The summed E-state index contributed by atoms with van der Waals surface area (Å²) in [5, 5.41) is 4.01. The normalized spacial score (nSPS) is 11.6. The third-order valence-corrected chi connectivity index (χ3v) is 3.50. The van der Waals surface area contributed by atoms with Crippen LogP contribution in [0.3, 0.4) is 0 Å². The van der Waals surface area contributed by atoms with Crippen LogP contribution in [-0.4, -0.2) is 31.7 Å². The Morgan fingerprint density at radius 2 is 2.20 bits per heavy atom. The van der Waals surface area contributed by atoms with Crippen LogP contribution in [0.5, 0.6) is 0 Å². The molecule has 108 valence electrons. The number of nitrogens with zero attached hydrogens (tertiary/aromatic N) is 4. The first-order valence-electron chi connectivity index (χ1n) is 6.42. The molecule has 0 aromatic carbocycles. The fourth-order valence-corrected chi connectivity index (χ4v) is 2.24. The lowest BCUT2D eigenvalue weighted by molar-refractivity contribution is 0.0530. The Balaban J connectivity index is 2.17. The Labute approximate surface area is 122 Å². The number of carbonyl (C=O) groups excluding carboxylic acids is 1. The lowest BCUT2D eigenvalue weighted by Crippen LogP contribution is -2.11. The van der Waals surface area contributed by atoms with Gasteiger partial charge in [0.25, 0.3) is 0 Å². The lowest BCUT2D eigenvalue weighted by atomic mass is 9.93. The fraction of sp³-hybridized carbons (Fsp3) is 0.538. The van der Waals surface area contributed by atoms with Crippen LogP contribution in [0.25, 0.3) is 0 Å². The van der Waals surface area contributed by atoms with Gasteiger partial charge in [-0.2, -0.15) is 0 Å². The maximum absolute atomic E-state index is 11.8. The van der Waals surface area contributed by atoms with Crippen molar-refractivity contribution in [3.05, 3.63) is 28.8 Å². The number of esters is 1. The SMILES string of the molecule is CCOC(=O)c1snnc1Cn1cnc(C(C)(C)C)c1. The standard InChI is InChI=1S/C13H18N4O2S/c1-5-19-12(18)11-9(15-16-20-11)6-17-7-10(14-8-17)13(2,3)4/h7-8H,5-6H2,1-4H3. The summed E-state index contributed by atoms with van der Waals surface area (Å²) in [6.07, 6.45) is 3.71. The van der Waals surface area contributed by atoms with E-state index < -0.39 is 0 Å². The average Bonchev–Trinajstić information content (AvgIpc) is 2.98. The van der Waals surface area contributed by atoms with E-state index in [9.17, 15) is 4.79 Å². The Morgan fingerprint density at radius 1 is 1.45 bits per heavy atom. The highest BCUT2D eigenvalue weighted by atomic mass is 32.1. The molecule has 2 aromatic rings.